The standard InChI is InChI=1S/C30H44N2O6/c1-20(2)11-14-31-26(33)17-22-18-30(28(35)38-7)19-29(3,4)13-10-25(30)32(27(22)34)15-12-21-8-9-23(36-5)24(16-21)37-6/h8-10,16,20,22H,11-15,17-19H2,1-7H3,(H,31,33)/t22-,30-/m1/s1. The minimum absolute atomic E-state index is 0.0518. The molecule has 8 heteroatoms. The largest absolute Gasteiger partial charge is 0.493 e. The zero-order chi connectivity index (χ0) is 28.1. The predicted molar refractivity (Wildman–Crippen MR) is 146 cm³/mol. The summed E-state index contributed by atoms with van der Waals surface area (Å²) in [6, 6.07) is 5.69. The monoisotopic (exact) mass is 528 g/mol. The minimum Gasteiger partial charge on any atom is -0.493 e. The van der Waals surface area contributed by atoms with Crippen LogP contribution in [0, 0.1) is 22.7 Å². The van der Waals surface area contributed by atoms with Crippen molar-refractivity contribution in [3.8, 4) is 11.5 Å². The highest BCUT2D eigenvalue weighted by molar-refractivity contribution is 5.92. The number of allylic oxidation sites excluding steroid dienone is 1. The van der Waals surface area contributed by atoms with Crippen LogP contribution in [0.25, 0.3) is 0 Å². The van der Waals surface area contributed by atoms with Crippen molar-refractivity contribution in [2.45, 2.75) is 66.2 Å². The molecule has 3 rings (SSSR count). The number of nitrogens with one attached hydrogen (secondary N) is 1. The summed E-state index contributed by atoms with van der Waals surface area (Å²) in [5.74, 6) is 0.499. The Morgan fingerprint density at radius 1 is 1.13 bits per heavy atom. The Kier molecular flexibility index (Phi) is 9.49. The first-order valence-corrected chi connectivity index (χ1v) is 13.5. The first-order chi connectivity index (χ1) is 18.0. The lowest BCUT2D eigenvalue weighted by atomic mass is 9.59. The highest BCUT2D eigenvalue weighted by Gasteiger charge is 2.57. The Morgan fingerprint density at radius 2 is 1.84 bits per heavy atom. The summed E-state index contributed by atoms with van der Waals surface area (Å²) in [6.07, 6.45) is 5.10. The van der Waals surface area contributed by atoms with Crippen LogP contribution in [0.15, 0.2) is 30.0 Å². The van der Waals surface area contributed by atoms with Gasteiger partial charge in [0.1, 0.15) is 5.41 Å². The van der Waals surface area contributed by atoms with Gasteiger partial charge in [0.05, 0.1) is 21.3 Å². The van der Waals surface area contributed by atoms with Crippen LogP contribution in [-0.4, -0.2) is 57.1 Å². The summed E-state index contributed by atoms with van der Waals surface area (Å²) in [5.41, 5.74) is 0.581. The number of benzene rings is 1. The van der Waals surface area contributed by atoms with E-state index in [4.69, 9.17) is 14.2 Å². The number of methoxy groups -OCH3 is 3. The molecule has 0 saturated carbocycles. The first-order valence-electron chi connectivity index (χ1n) is 13.5. The molecule has 1 N–H and O–H groups in total. The Balaban J connectivity index is 1.92. The van der Waals surface area contributed by atoms with E-state index in [0.717, 1.165) is 18.4 Å². The molecule has 0 aromatic heterocycles. The second kappa shape index (κ2) is 12.2. The van der Waals surface area contributed by atoms with E-state index >= 15 is 0 Å². The maximum atomic E-state index is 13.9. The van der Waals surface area contributed by atoms with Crippen molar-refractivity contribution in [1.29, 1.82) is 0 Å². The lowest BCUT2D eigenvalue weighted by Gasteiger charge is -2.51. The van der Waals surface area contributed by atoms with Crippen molar-refractivity contribution in [2.24, 2.45) is 22.7 Å². The molecule has 1 heterocycles. The molecule has 210 valence electrons. The highest BCUT2D eigenvalue weighted by atomic mass is 16.5. The van der Waals surface area contributed by atoms with Gasteiger partial charge >= 0.3 is 5.97 Å². The van der Waals surface area contributed by atoms with E-state index in [1.807, 2.05) is 24.3 Å². The second-order valence-corrected chi connectivity index (χ2v) is 11.8. The number of rotatable bonds is 11. The van der Waals surface area contributed by atoms with Crippen LogP contribution in [0.1, 0.15) is 65.4 Å². The normalized spacial score (nSPS) is 22.4. The van der Waals surface area contributed by atoms with Gasteiger partial charge in [-0.05, 0) is 61.1 Å². The van der Waals surface area contributed by atoms with E-state index in [-0.39, 0.29) is 36.0 Å². The average molecular weight is 529 g/mol. The molecule has 38 heavy (non-hydrogen) atoms. The third-order valence-electron chi connectivity index (χ3n) is 7.74. The number of fused-ring (bicyclic) bond motifs is 1. The lowest BCUT2D eigenvalue weighted by Crippen LogP contribution is -2.56. The molecule has 1 saturated heterocycles. The summed E-state index contributed by atoms with van der Waals surface area (Å²) in [7, 11) is 4.58. The van der Waals surface area contributed by atoms with E-state index in [2.05, 4.69) is 33.0 Å². The fraction of sp³-hybridized carbons (Fsp3) is 0.633. The van der Waals surface area contributed by atoms with Crippen molar-refractivity contribution in [3.63, 3.8) is 0 Å². The summed E-state index contributed by atoms with van der Waals surface area (Å²) < 4.78 is 16.1. The van der Waals surface area contributed by atoms with Gasteiger partial charge in [-0.2, -0.15) is 0 Å². The Morgan fingerprint density at radius 3 is 2.47 bits per heavy atom. The molecule has 1 aromatic carbocycles. The van der Waals surface area contributed by atoms with E-state index in [9.17, 15) is 14.4 Å². The van der Waals surface area contributed by atoms with Crippen LogP contribution < -0.4 is 14.8 Å². The van der Waals surface area contributed by atoms with Crippen LogP contribution in [0.3, 0.4) is 0 Å². The molecule has 1 fully saturated rings. The van der Waals surface area contributed by atoms with Gasteiger partial charge < -0.3 is 24.4 Å². The number of nitrogens with zero attached hydrogens (tertiary/aromatic N) is 1. The second-order valence-electron chi connectivity index (χ2n) is 11.8. The molecule has 0 unspecified atom stereocenters. The first kappa shape index (κ1) is 29.5. The third-order valence-corrected chi connectivity index (χ3v) is 7.74. The molecule has 1 aromatic rings. The van der Waals surface area contributed by atoms with Crippen molar-refractivity contribution < 1.29 is 28.6 Å². The number of likely N-dealkylation sites (tertiary alicyclic amines) is 1. The molecule has 0 bridgehead atoms. The smallest absolute Gasteiger partial charge is 0.317 e. The molecule has 2 aliphatic rings. The van der Waals surface area contributed by atoms with E-state index in [1.54, 1.807) is 19.1 Å². The lowest BCUT2D eigenvalue weighted by molar-refractivity contribution is -0.162. The van der Waals surface area contributed by atoms with Gasteiger partial charge in [-0.15, -0.1) is 0 Å². The fourth-order valence-electron chi connectivity index (χ4n) is 5.86. The molecule has 0 radical (unpaired) electrons. The van der Waals surface area contributed by atoms with Crippen LogP contribution >= 0.6 is 0 Å². The molecule has 0 spiro atoms. The molecular formula is C30H44N2O6. The Bertz CT molecular complexity index is 1060. The molecule has 1 aliphatic carbocycles. The number of carbonyl (C=O) groups excluding carboxylic acids is 3. The average Bonchev–Trinajstić information content (AvgIpc) is 2.87. The highest BCUT2D eigenvalue weighted by Crippen LogP contribution is 2.54. The third kappa shape index (κ3) is 6.51. The number of hydrogen-bond acceptors (Lipinski definition) is 6. The van der Waals surface area contributed by atoms with Crippen molar-refractivity contribution >= 4 is 17.8 Å². The molecular weight excluding hydrogens is 484 g/mol. The van der Waals surface area contributed by atoms with Gasteiger partial charge in [-0.25, -0.2) is 0 Å². The number of esters is 1. The van der Waals surface area contributed by atoms with Crippen LogP contribution in [0.5, 0.6) is 11.5 Å². The molecule has 8 nitrogen and oxygen atoms in total. The summed E-state index contributed by atoms with van der Waals surface area (Å²) in [5, 5.41) is 2.96. The Labute approximate surface area is 227 Å². The SMILES string of the molecule is COC(=O)[C@@]12C[C@@H](CC(=O)NCCC(C)C)C(=O)N(CCc3ccc(OC)c(OC)c3)C1=CCC(C)(C)C2. The molecule has 2 atom stereocenters. The molecule has 2 amide bonds. The van der Waals surface area contributed by atoms with E-state index in [1.165, 1.54) is 7.11 Å². The molecule has 1 aliphatic heterocycles. The number of piperidine rings is 1. The number of amides is 2. The minimum atomic E-state index is -0.967. The Hall–Kier alpha value is -3.03. The van der Waals surface area contributed by atoms with Gasteiger partial charge in [0.15, 0.2) is 11.5 Å². The summed E-state index contributed by atoms with van der Waals surface area (Å²) in [4.78, 5) is 41.9. The topological polar surface area (TPSA) is 94.2 Å². The summed E-state index contributed by atoms with van der Waals surface area (Å²) >= 11 is 0. The predicted octanol–water partition coefficient (Wildman–Crippen LogP) is 4.51. The van der Waals surface area contributed by atoms with Crippen molar-refractivity contribution in [1.82, 2.24) is 10.2 Å². The van der Waals surface area contributed by atoms with Crippen LogP contribution in [0.4, 0.5) is 0 Å². The maximum absolute atomic E-state index is 13.9. The van der Waals surface area contributed by atoms with Crippen LogP contribution in [-0.2, 0) is 25.5 Å². The quantitative estimate of drug-likeness (QED) is 0.425. The maximum Gasteiger partial charge on any atom is 0.317 e. The zero-order valence-corrected chi connectivity index (χ0v) is 24.0. The van der Waals surface area contributed by atoms with Gasteiger partial charge in [0.25, 0.3) is 0 Å². The van der Waals surface area contributed by atoms with Gasteiger partial charge in [0.2, 0.25) is 11.8 Å². The van der Waals surface area contributed by atoms with Crippen LogP contribution in [0.2, 0.25) is 0 Å². The number of carbonyl (C=O) groups is 3. The summed E-state index contributed by atoms with van der Waals surface area (Å²) in [6.45, 7) is 9.41. The van der Waals surface area contributed by atoms with E-state index in [0.29, 0.717) is 49.0 Å². The van der Waals surface area contributed by atoms with Gasteiger partial charge in [0, 0.05) is 31.1 Å². The van der Waals surface area contributed by atoms with Gasteiger partial charge in [-0.1, -0.05) is 39.8 Å². The fourth-order valence-corrected chi connectivity index (χ4v) is 5.86. The van der Waals surface area contributed by atoms with Gasteiger partial charge in [-0.3, -0.25) is 14.4 Å². The number of ether oxygens (including phenoxy) is 3. The van der Waals surface area contributed by atoms with E-state index < -0.39 is 11.3 Å². The van der Waals surface area contributed by atoms with Crippen molar-refractivity contribution in [2.75, 3.05) is 34.4 Å². The van der Waals surface area contributed by atoms with Crippen molar-refractivity contribution in [3.05, 3.63) is 35.5 Å². The zero-order valence-electron chi connectivity index (χ0n) is 24.0. The number of hydrogen-bond donors (Lipinski definition) is 1.